The molecule has 10 heteroatoms. The highest BCUT2D eigenvalue weighted by atomic mass is 35.5. The van der Waals surface area contributed by atoms with E-state index in [-0.39, 0.29) is 37.1 Å². The van der Waals surface area contributed by atoms with Gasteiger partial charge in [-0.15, -0.1) is 22.9 Å². The third kappa shape index (κ3) is 7.75. The summed E-state index contributed by atoms with van der Waals surface area (Å²) >= 11 is 7.29. The fourth-order valence-electron chi connectivity index (χ4n) is 4.39. The molecule has 3 atom stereocenters. The lowest BCUT2D eigenvalue weighted by Crippen LogP contribution is -2.57. The number of aliphatic hydroxyl groups excluding tert-OH is 1. The van der Waals surface area contributed by atoms with E-state index >= 15 is 0 Å². The summed E-state index contributed by atoms with van der Waals surface area (Å²) in [5.74, 6) is -0.434. The van der Waals surface area contributed by atoms with E-state index in [9.17, 15) is 19.5 Å². The van der Waals surface area contributed by atoms with E-state index in [0.717, 1.165) is 28.1 Å². The topological polar surface area (TPSA) is 112 Å². The molecule has 0 bridgehead atoms. The number of thiazole rings is 1. The number of halogens is 1. The maximum absolute atomic E-state index is 13.6. The van der Waals surface area contributed by atoms with Crippen molar-refractivity contribution in [3.05, 3.63) is 41.0 Å². The van der Waals surface area contributed by atoms with Crippen molar-refractivity contribution in [3.8, 4) is 10.4 Å². The normalized spacial score (nSPS) is 18.5. The number of aromatic nitrogens is 1. The van der Waals surface area contributed by atoms with Crippen molar-refractivity contribution in [3.63, 3.8) is 0 Å². The number of nitrogens with zero attached hydrogens (tertiary/aromatic N) is 2. The van der Waals surface area contributed by atoms with E-state index < -0.39 is 23.6 Å². The minimum absolute atomic E-state index is 0.0501. The Morgan fingerprint density at radius 3 is 2.51 bits per heavy atom. The molecule has 0 saturated carbocycles. The number of unbranched alkanes of at least 4 members (excludes halogenated alkanes) is 1. The number of carbonyl (C=O) groups excluding carboxylic acids is 3. The summed E-state index contributed by atoms with van der Waals surface area (Å²) in [6.45, 7) is 7.93. The van der Waals surface area contributed by atoms with Gasteiger partial charge < -0.3 is 20.6 Å². The van der Waals surface area contributed by atoms with Crippen molar-refractivity contribution in [1.82, 2.24) is 20.5 Å². The molecule has 1 saturated heterocycles. The summed E-state index contributed by atoms with van der Waals surface area (Å²) in [4.78, 5) is 46.0. The number of nitrogens with one attached hydrogen (secondary N) is 2. The summed E-state index contributed by atoms with van der Waals surface area (Å²) in [6, 6.07) is 6.29. The molecule has 0 spiro atoms. The largest absolute Gasteiger partial charge is 0.391 e. The van der Waals surface area contributed by atoms with Crippen LogP contribution in [0.3, 0.4) is 0 Å². The summed E-state index contributed by atoms with van der Waals surface area (Å²) < 4.78 is 0. The van der Waals surface area contributed by atoms with Crippen LogP contribution in [0.5, 0.6) is 0 Å². The molecule has 8 nitrogen and oxygen atoms in total. The van der Waals surface area contributed by atoms with Crippen LogP contribution in [-0.2, 0) is 20.9 Å². The van der Waals surface area contributed by atoms with E-state index in [0.29, 0.717) is 18.8 Å². The third-order valence-electron chi connectivity index (χ3n) is 6.50. The Balaban J connectivity index is 1.65. The minimum Gasteiger partial charge on any atom is -0.391 e. The number of aliphatic hydroxyl groups is 1. The molecule has 3 N–H and O–H groups in total. The molecule has 3 rings (SSSR count). The number of β-amino-alcohol motifs (C(OH)–C–C–N with tert-alkyl or cyclic N) is 1. The second-order valence-corrected chi connectivity index (χ2v) is 11.8. The van der Waals surface area contributed by atoms with Crippen molar-refractivity contribution in [2.24, 2.45) is 5.41 Å². The number of likely N-dealkylation sites (tertiary alicyclic amines) is 1. The van der Waals surface area contributed by atoms with Crippen molar-refractivity contribution >= 4 is 40.7 Å². The Hall–Kier alpha value is -2.49. The molecule has 1 aromatic carbocycles. The van der Waals surface area contributed by atoms with E-state index in [1.165, 1.54) is 4.90 Å². The van der Waals surface area contributed by atoms with Gasteiger partial charge in [0.05, 0.1) is 22.2 Å². The summed E-state index contributed by atoms with van der Waals surface area (Å²) in [5, 5.41) is 16.1. The van der Waals surface area contributed by atoms with Gasteiger partial charge in [0.2, 0.25) is 17.7 Å². The molecule has 3 amide bonds. The number of hydrogen-bond acceptors (Lipinski definition) is 6. The van der Waals surface area contributed by atoms with Crippen LogP contribution in [0.1, 0.15) is 57.7 Å². The van der Waals surface area contributed by atoms with Crippen LogP contribution in [0.2, 0.25) is 0 Å². The zero-order chi connectivity index (χ0) is 27.2. The average Bonchev–Trinajstić information content (AvgIpc) is 3.46. The van der Waals surface area contributed by atoms with Crippen molar-refractivity contribution in [2.45, 2.75) is 78.1 Å². The zero-order valence-corrected chi connectivity index (χ0v) is 23.5. The van der Waals surface area contributed by atoms with E-state index in [1.807, 2.05) is 57.5 Å². The van der Waals surface area contributed by atoms with Gasteiger partial charge in [-0.2, -0.15) is 0 Å². The first-order chi connectivity index (χ1) is 17.5. The first-order valence-electron chi connectivity index (χ1n) is 12.6. The molecule has 1 aliphatic rings. The Kier molecular flexibility index (Phi) is 10.1. The summed E-state index contributed by atoms with van der Waals surface area (Å²) in [5.41, 5.74) is 4.22. The van der Waals surface area contributed by atoms with E-state index in [1.54, 1.807) is 11.3 Å². The molecule has 37 heavy (non-hydrogen) atoms. The number of aryl methyl sites for hydroxylation is 1. The number of rotatable bonds is 10. The van der Waals surface area contributed by atoms with Gasteiger partial charge in [-0.25, -0.2) is 4.98 Å². The molecule has 2 heterocycles. The van der Waals surface area contributed by atoms with Crippen LogP contribution in [-0.4, -0.2) is 63.3 Å². The highest BCUT2D eigenvalue weighted by Crippen LogP contribution is 2.28. The van der Waals surface area contributed by atoms with Crippen LogP contribution >= 0.6 is 22.9 Å². The summed E-state index contributed by atoms with van der Waals surface area (Å²) in [6.07, 6.45) is 0.986. The fourth-order valence-corrected chi connectivity index (χ4v) is 5.39. The van der Waals surface area contributed by atoms with Crippen molar-refractivity contribution in [1.29, 1.82) is 0 Å². The second-order valence-electron chi connectivity index (χ2n) is 10.6. The van der Waals surface area contributed by atoms with Gasteiger partial charge in [-0.05, 0) is 36.3 Å². The lowest BCUT2D eigenvalue weighted by Gasteiger charge is -2.35. The third-order valence-corrected chi connectivity index (χ3v) is 7.74. The Morgan fingerprint density at radius 2 is 1.92 bits per heavy atom. The molecule has 202 valence electrons. The Morgan fingerprint density at radius 1 is 1.22 bits per heavy atom. The number of carbonyl (C=O) groups is 3. The molecular weight excluding hydrogens is 512 g/mol. The van der Waals surface area contributed by atoms with Gasteiger partial charge in [-0.1, -0.05) is 45.0 Å². The minimum atomic E-state index is -0.820. The maximum Gasteiger partial charge on any atom is 0.246 e. The molecule has 1 aliphatic heterocycles. The van der Waals surface area contributed by atoms with Gasteiger partial charge in [0.15, 0.2) is 0 Å². The summed E-state index contributed by atoms with van der Waals surface area (Å²) in [7, 11) is 0. The molecule has 0 aliphatic carbocycles. The molecule has 1 fully saturated rings. The number of benzene rings is 1. The SMILES string of the molecule is Cc1ncsc1-c1ccc(CNC(=O)[C@@H]2C[C@@H](O)CN2C(=O)[C@@H](NC(=O)CCCCCl)C(C)(C)C)cc1. The lowest BCUT2D eigenvalue weighted by atomic mass is 9.85. The van der Waals surface area contributed by atoms with Gasteiger partial charge in [0.1, 0.15) is 12.1 Å². The molecule has 0 unspecified atom stereocenters. The fraction of sp³-hybridized carbons (Fsp3) is 0.556. The van der Waals surface area contributed by atoms with Gasteiger partial charge >= 0.3 is 0 Å². The predicted molar refractivity (Wildman–Crippen MR) is 146 cm³/mol. The van der Waals surface area contributed by atoms with Crippen LogP contribution in [0, 0.1) is 12.3 Å². The van der Waals surface area contributed by atoms with Gasteiger partial charge in [0.25, 0.3) is 0 Å². The highest BCUT2D eigenvalue weighted by Gasteiger charge is 2.44. The lowest BCUT2D eigenvalue weighted by molar-refractivity contribution is -0.144. The number of alkyl halides is 1. The van der Waals surface area contributed by atoms with Crippen LogP contribution < -0.4 is 10.6 Å². The van der Waals surface area contributed by atoms with E-state index in [2.05, 4.69) is 15.6 Å². The van der Waals surface area contributed by atoms with Crippen molar-refractivity contribution in [2.75, 3.05) is 12.4 Å². The van der Waals surface area contributed by atoms with Crippen LogP contribution in [0.15, 0.2) is 29.8 Å². The average molecular weight is 549 g/mol. The predicted octanol–water partition coefficient (Wildman–Crippen LogP) is 3.64. The number of hydrogen-bond donors (Lipinski definition) is 3. The molecule has 0 radical (unpaired) electrons. The van der Waals surface area contributed by atoms with Crippen molar-refractivity contribution < 1.29 is 19.5 Å². The Labute approximate surface area is 227 Å². The smallest absolute Gasteiger partial charge is 0.246 e. The first-order valence-corrected chi connectivity index (χ1v) is 14.0. The maximum atomic E-state index is 13.6. The quantitative estimate of drug-likeness (QED) is 0.310. The molecule has 1 aromatic heterocycles. The molecular formula is C27H37ClN4O4S. The highest BCUT2D eigenvalue weighted by molar-refractivity contribution is 7.13. The second kappa shape index (κ2) is 12.8. The van der Waals surface area contributed by atoms with Gasteiger partial charge in [0, 0.05) is 31.8 Å². The van der Waals surface area contributed by atoms with Crippen LogP contribution in [0.25, 0.3) is 10.4 Å². The van der Waals surface area contributed by atoms with Gasteiger partial charge in [-0.3, -0.25) is 14.4 Å². The number of amides is 3. The van der Waals surface area contributed by atoms with Crippen LogP contribution in [0.4, 0.5) is 0 Å². The standard InChI is InChI=1S/C27H37ClN4O4S/c1-17-23(37-16-30-17)19-10-8-18(9-11-19)14-29-25(35)21-13-20(33)15-32(21)26(36)24(27(2,3)4)31-22(34)7-5-6-12-28/h8-11,16,20-21,24,33H,5-7,12-15H2,1-4H3,(H,29,35)(H,31,34)/t20-,21+,24-/m1/s1. The molecule has 2 aromatic rings. The van der Waals surface area contributed by atoms with E-state index in [4.69, 9.17) is 11.6 Å². The zero-order valence-electron chi connectivity index (χ0n) is 21.9. The Bertz CT molecular complexity index is 1080. The first kappa shape index (κ1) is 29.1. The monoisotopic (exact) mass is 548 g/mol.